The van der Waals surface area contributed by atoms with Crippen LogP contribution in [0.5, 0.6) is 0 Å². The van der Waals surface area contributed by atoms with Gasteiger partial charge in [0.1, 0.15) is 0 Å². The van der Waals surface area contributed by atoms with Crippen LogP contribution in [0, 0.1) is 6.92 Å². The molecule has 2 aliphatic heterocycles. The Labute approximate surface area is 120 Å². The van der Waals surface area contributed by atoms with Crippen LogP contribution in [0.1, 0.15) is 31.8 Å². The van der Waals surface area contributed by atoms with E-state index in [2.05, 4.69) is 0 Å². The Morgan fingerprint density at radius 2 is 1.86 bits per heavy atom. The third kappa shape index (κ3) is 1.38. The molecule has 0 aromatic heterocycles. The predicted molar refractivity (Wildman–Crippen MR) is 73.7 cm³/mol. The SMILES string of the molecule is Cc1ccc2c(c1)C(=O)O[C@@]1(O)c3ccccc3C(=O)N21. The average Bonchev–Trinajstić information content (AvgIpc) is 2.69. The topological polar surface area (TPSA) is 66.8 Å². The molecule has 1 amide bonds. The summed E-state index contributed by atoms with van der Waals surface area (Å²) >= 11 is 0. The number of anilines is 1. The smallest absolute Gasteiger partial charge is 0.344 e. The van der Waals surface area contributed by atoms with E-state index in [-0.39, 0.29) is 17.0 Å². The summed E-state index contributed by atoms with van der Waals surface area (Å²) in [5.74, 6) is -3.09. The molecule has 0 aliphatic carbocycles. The van der Waals surface area contributed by atoms with E-state index in [1.165, 1.54) is 0 Å². The number of aryl methyl sites for hydroxylation is 1. The Kier molecular flexibility index (Phi) is 2.14. The van der Waals surface area contributed by atoms with Gasteiger partial charge in [0.2, 0.25) is 0 Å². The second-order valence-electron chi connectivity index (χ2n) is 5.20. The number of fused-ring (bicyclic) bond motifs is 5. The maximum atomic E-state index is 12.6. The number of aliphatic hydroxyl groups is 1. The van der Waals surface area contributed by atoms with Gasteiger partial charge in [-0.05, 0) is 31.2 Å². The molecule has 5 nitrogen and oxygen atoms in total. The molecule has 0 unspecified atom stereocenters. The molecule has 2 aliphatic rings. The van der Waals surface area contributed by atoms with Crippen molar-refractivity contribution in [3.63, 3.8) is 0 Å². The zero-order valence-electron chi connectivity index (χ0n) is 11.2. The number of hydrogen-bond acceptors (Lipinski definition) is 4. The van der Waals surface area contributed by atoms with Gasteiger partial charge in [-0.15, -0.1) is 0 Å². The number of rotatable bonds is 0. The van der Waals surface area contributed by atoms with Gasteiger partial charge in [0.25, 0.3) is 5.91 Å². The molecule has 0 bridgehead atoms. The van der Waals surface area contributed by atoms with E-state index >= 15 is 0 Å². The van der Waals surface area contributed by atoms with Gasteiger partial charge in [0.15, 0.2) is 0 Å². The van der Waals surface area contributed by atoms with E-state index in [1.54, 1.807) is 42.5 Å². The minimum absolute atomic E-state index is 0.279. The zero-order chi connectivity index (χ0) is 14.8. The van der Waals surface area contributed by atoms with Crippen LogP contribution in [-0.2, 0) is 10.6 Å². The fourth-order valence-electron chi connectivity index (χ4n) is 2.90. The lowest BCUT2D eigenvalue weighted by Gasteiger charge is -2.37. The summed E-state index contributed by atoms with van der Waals surface area (Å²) in [6.45, 7) is 1.84. The predicted octanol–water partition coefficient (Wildman–Crippen LogP) is 1.93. The second kappa shape index (κ2) is 3.71. The number of hydrogen-bond donors (Lipinski definition) is 1. The van der Waals surface area contributed by atoms with Crippen molar-refractivity contribution in [2.24, 2.45) is 0 Å². The summed E-state index contributed by atoms with van der Waals surface area (Å²) in [6, 6.07) is 11.7. The lowest BCUT2D eigenvalue weighted by Crippen LogP contribution is -2.51. The van der Waals surface area contributed by atoms with Crippen LogP contribution in [0.2, 0.25) is 0 Å². The molecule has 0 saturated carbocycles. The van der Waals surface area contributed by atoms with E-state index in [0.717, 1.165) is 10.5 Å². The molecular formula is C16H11NO4. The molecule has 1 atom stereocenters. The molecule has 2 heterocycles. The first kappa shape index (κ1) is 12.1. The third-order valence-electron chi connectivity index (χ3n) is 3.86. The summed E-state index contributed by atoms with van der Waals surface area (Å²) < 4.78 is 5.20. The van der Waals surface area contributed by atoms with Crippen LogP contribution in [-0.4, -0.2) is 17.0 Å². The molecule has 21 heavy (non-hydrogen) atoms. The zero-order valence-corrected chi connectivity index (χ0v) is 11.2. The van der Waals surface area contributed by atoms with Crippen LogP contribution in [0.15, 0.2) is 42.5 Å². The lowest BCUT2D eigenvalue weighted by molar-refractivity contribution is -0.167. The molecule has 104 valence electrons. The molecule has 0 fully saturated rings. The first-order valence-corrected chi connectivity index (χ1v) is 6.53. The van der Waals surface area contributed by atoms with Crippen LogP contribution in [0.25, 0.3) is 0 Å². The van der Waals surface area contributed by atoms with Gasteiger partial charge in [0, 0.05) is 0 Å². The number of amides is 1. The summed E-state index contributed by atoms with van der Waals surface area (Å²) in [5, 5.41) is 10.8. The Bertz CT molecular complexity index is 814. The average molecular weight is 281 g/mol. The third-order valence-corrected chi connectivity index (χ3v) is 3.86. The van der Waals surface area contributed by atoms with Crippen molar-refractivity contribution >= 4 is 17.6 Å². The molecule has 0 spiro atoms. The summed E-state index contributed by atoms with van der Waals surface area (Å²) in [7, 11) is 0. The molecule has 2 aromatic rings. The fraction of sp³-hybridized carbons (Fsp3) is 0.125. The first-order chi connectivity index (χ1) is 10.0. The number of nitrogens with zero attached hydrogens (tertiary/aromatic N) is 1. The van der Waals surface area contributed by atoms with Crippen molar-refractivity contribution in [1.82, 2.24) is 0 Å². The molecule has 0 saturated heterocycles. The Morgan fingerprint density at radius 1 is 1.10 bits per heavy atom. The number of benzene rings is 2. The van der Waals surface area contributed by atoms with E-state index in [4.69, 9.17) is 4.74 Å². The highest BCUT2D eigenvalue weighted by atomic mass is 16.7. The van der Waals surface area contributed by atoms with Crippen LogP contribution in [0.3, 0.4) is 0 Å². The monoisotopic (exact) mass is 281 g/mol. The standard InChI is InChI=1S/C16H11NO4/c1-9-6-7-13-11(8-9)15(19)21-16(20)12-5-3-2-4-10(12)14(18)17(13)16/h2-8,20H,1H3/t16-/m0/s1. The van der Waals surface area contributed by atoms with Crippen molar-refractivity contribution in [3.05, 3.63) is 64.7 Å². The maximum absolute atomic E-state index is 12.6. The quantitative estimate of drug-likeness (QED) is 0.749. The van der Waals surface area contributed by atoms with Crippen LogP contribution in [0.4, 0.5) is 5.69 Å². The van der Waals surface area contributed by atoms with E-state index in [9.17, 15) is 14.7 Å². The lowest BCUT2D eigenvalue weighted by atomic mass is 10.1. The van der Waals surface area contributed by atoms with Gasteiger partial charge < -0.3 is 9.84 Å². The Morgan fingerprint density at radius 3 is 2.67 bits per heavy atom. The Hall–Kier alpha value is -2.66. The maximum Gasteiger partial charge on any atom is 0.344 e. The largest absolute Gasteiger partial charge is 0.405 e. The van der Waals surface area contributed by atoms with Gasteiger partial charge in [-0.3, -0.25) is 4.79 Å². The minimum atomic E-state index is -2.06. The molecule has 1 N–H and O–H groups in total. The van der Waals surface area contributed by atoms with Gasteiger partial charge in [-0.25, -0.2) is 9.69 Å². The summed E-state index contributed by atoms with van der Waals surface area (Å²) in [5.41, 5.74) is 2.14. The number of carbonyl (C=O) groups excluding carboxylic acids is 2. The van der Waals surface area contributed by atoms with Gasteiger partial charge in [-0.2, -0.15) is 0 Å². The van der Waals surface area contributed by atoms with E-state index in [1.807, 2.05) is 6.92 Å². The van der Waals surface area contributed by atoms with Crippen molar-refractivity contribution < 1.29 is 19.4 Å². The molecular weight excluding hydrogens is 270 g/mol. The molecule has 0 radical (unpaired) electrons. The van der Waals surface area contributed by atoms with Crippen molar-refractivity contribution in [3.8, 4) is 0 Å². The molecule has 4 rings (SSSR count). The highest BCUT2D eigenvalue weighted by Crippen LogP contribution is 2.46. The summed E-state index contributed by atoms with van der Waals surface area (Å²) in [6.07, 6.45) is 0. The van der Waals surface area contributed by atoms with E-state index < -0.39 is 11.9 Å². The Balaban J connectivity index is 2.02. The van der Waals surface area contributed by atoms with Gasteiger partial charge >= 0.3 is 11.9 Å². The number of ether oxygens (including phenoxy) is 1. The molecule has 2 aromatic carbocycles. The van der Waals surface area contributed by atoms with Crippen LogP contribution >= 0.6 is 0 Å². The van der Waals surface area contributed by atoms with Gasteiger partial charge in [0.05, 0.1) is 22.4 Å². The van der Waals surface area contributed by atoms with Crippen molar-refractivity contribution in [2.45, 2.75) is 12.8 Å². The van der Waals surface area contributed by atoms with Gasteiger partial charge in [-0.1, -0.05) is 23.8 Å². The highest BCUT2D eigenvalue weighted by Gasteiger charge is 2.56. The number of esters is 1. The first-order valence-electron chi connectivity index (χ1n) is 6.53. The van der Waals surface area contributed by atoms with Crippen LogP contribution < -0.4 is 4.90 Å². The number of carbonyl (C=O) groups is 2. The molecule has 5 heteroatoms. The van der Waals surface area contributed by atoms with E-state index in [0.29, 0.717) is 11.3 Å². The van der Waals surface area contributed by atoms with Crippen molar-refractivity contribution in [1.29, 1.82) is 0 Å². The highest BCUT2D eigenvalue weighted by molar-refractivity contribution is 6.15. The van der Waals surface area contributed by atoms with Crippen molar-refractivity contribution in [2.75, 3.05) is 4.90 Å². The normalized spacial score (nSPS) is 22.5. The summed E-state index contributed by atoms with van der Waals surface area (Å²) in [4.78, 5) is 25.9. The fourth-order valence-corrected chi connectivity index (χ4v) is 2.90. The minimum Gasteiger partial charge on any atom is -0.405 e. The second-order valence-corrected chi connectivity index (χ2v) is 5.20.